The predicted octanol–water partition coefficient (Wildman–Crippen LogP) is 5.94. The first-order valence-electron chi connectivity index (χ1n) is 20.1. The van der Waals surface area contributed by atoms with Crippen molar-refractivity contribution in [1.29, 1.82) is 0 Å². The molecule has 8 atom stereocenters. The number of fused-ring (bicyclic) bond motifs is 6. The number of amides is 4. The van der Waals surface area contributed by atoms with Gasteiger partial charge in [0.1, 0.15) is 29.2 Å². The van der Waals surface area contributed by atoms with E-state index in [0.29, 0.717) is 28.7 Å². The van der Waals surface area contributed by atoms with E-state index in [4.69, 9.17) is 14.5 Å². The van der Waals surface area contributed by atoms with Crippen molar-refractivity contribution in [3.05, 3.63) is 59.1 Å². The van der Waals surface area contributed by atoms with Crippen molar-refractivity contribution >= 4 is 35.0 Å². The molecule has 9 rings (SSSR count). The lowest BCUT2D eigenvalue weighted by Crippen LogP contribution is -2.52. The number of aryl methyl sites for hydroxylation is 2. The summed E-state index contributed by atoms with van der Waals surface area (Å²) in [6, 6.07) is 7.72. The van der Waals surface area contributed by atoms with E-state index in [1.807, 2.05) is 55.7 Å². The Morgan fingerprint density at radius 2 is 1.33 bits per heavy atom. The molecule has 0 radical (unpaired) electrons. The predicted molar refractivity (Wildman–Crippen MR) is 207 cm³/mol. The molecule has 4 N–H and O–H groups in total. The molecular weight excluding hydrogens is 732 g/mol. The number of methoxy groups -OCH3 is 2. The van der Waals surface area contributed by atoms with Crippen molar-refractivity contribution in [3.8, 4) is 22.4 Å². The van der Waals surface area contributed by atoms with E-state index in [2.05, 4.69) is 31.7 Å². The van der Waals surface area contributed by atoms with Gasteiger partial charge in [0.25, 0.3) is 0 Å². The number of hydrogen-bond donors (Lipinski definition) is 4. The number of halogens is 1. The lowest BCUT2D eigenvalue weighted by molar-refractivity contribution is -0.137. The molecule has 15 heteroatoms. The maximum atomic E-state index is 15.9. The van der Waals surface area contributed by atoms with Crippen LogP contribution in [-0.2, 0) is 31.9 Å². The van der Waals surface area contributed by atoms with E-state index in [9.17, 15) is 19.2 Å². The summed E-state index contributed by atoms with van der Waals surface area (Å²) < 4.78 is 25.5. The molecule has 300 valence electrons. The van der Waals surface area contributed by atoms with Crippen LogP contribution in [0.3, 0.4) is 0 Å². The van der Waals surface area contributed by atoms with Crippen molar-refractivity contribution < 1.29 is 33.0 Å². The number of hydrogen-bond acceptors (Lipinski definition) is 8. The highest BCUT2D eigenvalue weighted by Gasteiger charge is 2.57. The van der Waals surface area contributed by atoms with Gasteiger partial charge in [0.15, 0.2) is 5.82 Å². The highest BCUT2D eigenvalue weighted by atomic mass is 19.1. The van der Waals surface area contributed by atoms with Gasteiger partial charge in [0.2, 0.25) is 11.8 Å². The molecule has 57 heavy (non-hydrogen) atoms. The van der Waals surface area contributed by atoms with Crippen LogP contribution in [0.15, 0.2) is 30.3 Å². The maximum absolute atomic E-state index is 15.9. The van der Waals surface area contributed by atoms with Gasteiger partial charge in [0.05, 0.1) is 37.5 Å². The van der Waals surface area contributed by atoms with Gasteiger partial charge in [-0.1, -0.05) is 45.9 Å². The zero-order valence-corrected chi connectivity index (χ0v) is 33.0. The zero-order chi connectivity index (χ0) is 40.0. The highest BCUT2D eigenvalue weighted by molar-refractivity contribution is 5.89. The van der Waals surface area contributed by atoms with Gasteiger partial charge in [-0.25, -0.2) is 23.9 Å². The van der Waals surface area contributed by atoms with E-state index in [0.717, 1.165) is 72.4 Å². The van der Waals surface area contributed by atoms with Crippen LogP contribution in [0.5, 0.6) is 0 Å². The molecule has 0 spiro atoms. The Hall–Kier alpha value is -5.47. The quantitative estimate of drug-likeness (QED) is 0.161. The lowest BCUT2D eigenvalue weighted by Gasteiger charge is -2.31. The van der Waals surface area contributed by atoms with Gasteiger partial charge in [-0.15, -0.1) is 0 Å². The summed E-state index contributed by atoms with van der Waals surface area (Å²) >= 11 is 0. The van der Waals surface area contributed by atoms with Crippen molar-refractivity contribution in [2.24, 2.45) is 23.7 Å². The number of carbonyl (C=O) groups excluding carboxylic acids is 4. The third-order valence-electron chi connectivity index (χ3n) is 12.8. The van der Waals surface area contributed by atoms with Crippen LogP contribution in [0.4, 0.5) is 14.0 Å². The average Bonchev–Trinajstić information content (AvgIpc) is 3.84. The Balaban J connectivity index is 0.966. The van der Waals surface area contributed by atoms with Gasteiger partial charge in [-0.2, -0.15) is 0 Å². The number of aromatic amines is 2. The number of nitrogens with one attached hydrogen (secondary N) is 4. The number of alkyl carbamates (subject to hydrolysis) is 2. The van der Waals surface area contributed by atoms with Gasteiger partial charge in [0, 0.05) is 23.3 Å². The number of rotatable bonds is 9. The number of ether oxygens (including phenoxy) is 2. The highest BCUT2D eigenvalue weighted by Crippen LogP contribution is 2.55. The summed E-state index contributed by atoms with van der Waals surface area (Å²) in [5.74, 6) is 1.03. The Bertz CT molecular complexity index is 2300. The smallest absolute Gasteiger partial charge is 0.407 e. The summed E-state index contributed by atoms with van der Waals surface area (Å²) in [5, 5.41) is 5.44. The van der Waals surface area contributed by atoms with Crippen molar-refractivity contribution in [3.63, 3.8) is 0 Å². The van der Waals surface area contributed by atoms with Crippen molar-refractivity contribution in [2.75, 3.05) is 14.2 Å². The fourth-order valence-electron chi connectivity index (χ4n) is 9.64. The van der Waals surface area contributed by atoms with Gasteiger partial charge >= 0.3 is 12.2 Å². The third kappa shape index (κ3) is 6.38. The molecule has 2 aliphatic heterocycles. The number of carbonyl (C=O) groups is 4. The first-order valence-corrected chi connectivity index (χ1v) is 20.1. The van der Waals surface area contributed by atoms with Crippen LogP contribution >= 0.6 is 0 Å². The van der Waals surface area contributed by atoms with E-state index in [1.165, 1.54) is 20.3 Å². The first kappa shape index (κ1) is 37.1. The molecule has 4 fully saturated rings. The minimum Gasteiger partial charge on any atom is -0.453 e. The fraction of sp³-hybridized carbons (Fsp3) is 0.524. The maximum Gasteiger partial charge on any atom is 0.407 e. The molecule has 4 amide bonds. The number of aromatic nitrogens is 4. The van der Waals surface area contributed by atoms with Crippen molar-refractivity contribution in [1.82, 2.24) is 40.4 Å². The summed E-state index contributed by atoms with van der Waals surface area (Å²) in [4.78, 5) is 72.5. The molecule has 3 aliphatic carbocycles. The molecule has 4 aromatic rings. The van der Waals surface area contributed by atoms with Gasteiger partial charge in [-0.3, -0.25) is 9.59 Å². The van der Waals surface area contributed by atoms with Crippen LogP contribution in [-0.4, -0.2) is 92.1 Å². The summed E-state index contributed by atoms with van der Waals surface area (Å²) in [6.07, 6.45) is 3.62. The molecule has 2 aromatic heterocycles. The number of benzene rings is 2. The standard InChI is InChI=1S/C42H49FN8O6/c1-18(2)33(48-41(54)56-5)39(52)50-29-14-23(29)16-31(50)37-44-27-10-8-21-11-20(7-9-25(21)35(27)46-37)22-12-26(43)36-28(13-22)45-38(47-36)32-17-24-15-30(24)51(32)40(53)34(19(3)4)49-42(55)57-6/h7,9,11-13,18-19,23-24,29-34H,8,10,14-17H2,1-6H3,(H,44,46)(H,45,47)(H,48,54)(H,49,55)/t23-,24-,29-,30-,31+,32+,33+,34+/m1/s1. The molecule has 2 saturated heterocycles. The molecule has 4 heterocycles. The Kier molecular flexibility index (Phi) is 9.04. The van der Waals surface area contributed by atoms with Crippen LogP contribution in [0.1, 0.15) is 88.4 Å². The molecular formula is C42H49FN8O6. The largest absolute Gasteiger partial charge is 0.453 e. The molecule has 2 saturated carbocycles. The zero-order valence-electron chi connectivity index (χ0n) is 33.0. The topological polar surface area (TPSA) is 175 Å². The monoisotopic (exact) mass is 780 g/mol. The van der Waals surface area contributed by atoms with Crippen LogP contribution in [0.25, 0.3) is 33.4 Å². The Morgan fingerprint density at radius 3 is 1.89 bits per heavy atom. The van der Waals surface area contributed by atoms with Crippen molar-refractivity contribution in [2.45, 2.75) is 102 Å². The van der Waals surface area contributed by atoms with E-state index in [-0.39, 0.29) is 53.3 Å². The van der Waals surface area contributed by atoms with E-state index >= 15 is 4.39 Å². The number of piperidine rings is 2. The second-order valence-electron chi connectivity index (χ2n) is 17.1. The van der Waals surface area contributed by atoms with E-state index < -0.39 is 30.1 Å². The second kappa shape index (κ2) is 13.9. The van der Waals surface area contributed by atoms with Crippen LogP contribution in [0, 0.1) is 29.5 Å². The summed E-state index contributed by atoms with van der Waals surface area (Å²) in [5.41, 5.74) is 6.35. The molecule has 5 aliphatic rings. The Morgan fingerprint density at radius 1 is 0.754 bits per heavy atom. The molecule has 2 aromatic carbocycles. The van der Waals surface area contributed by atoms with Gasteiger partial charge < -0.3 is 39.9 Å². The van der Waals surface area contributed by atoms with E-state index in [1.54, 1.807) is 0 Å². The van der Waals surface area contributed by atoms with Crippen LogP contribution < -0.4 is 10.6 Å². The minimum atomic E-state index is -0.758. The summed E-state index contributed by atoms with van der Waals surface area (Å²) in [6.45, 7) is 7.59. The second-order valence-corrected chi connectivity index (χ2v) is 17.1. The SMILES string of the molecule is COC(=O)N[C@H](C(=O)N1[C@@H]2C[C@@H]2C[C@H]1c1nc2c([nH]1)CCc1cc(-c3cc(F)c4nc([C@@H]5C[C@H]6C[C@H]6N5C(=O)[C@@H](NC(=O)OC)C(C)C)[nH]c4c3)ccc1-2)C(C)C. The van der Waals surface area contributed by atoms with Gasteiger partial charge in [-0.05, 0) is 91.0 Å². The molecule has 14 nitrogen and oxygen atoms in total. The molecule has 0 unspecified atom stereocenters. The first-order chi connectivity index (χ1) is 27.3. The summed E-state index contributed by atoms with van der Waals surface area (Å²) in [7, 11) is 2.57. The average molecular weight is 781 g/mol. The number of H-pyrrole nitrogens is 2. The minimum absolute atomic E-state index is 0.0659. The number of likely N-dealkylation sites (tertiary alicyclic amines) is 2. The Labute approximate surface area is 329 Å². The number of nitrogens with zero attached hydrogens (tertiary/aromatic N) is 4. The molecule has 0 bridgehead atoms. The normalized spacial score (nSPS) is 25.1. The third-order valence-corrected chi connectivity index (χ3v) is 12.8. The number of imidazole rings is 2. The van der Waals surface area contributed by atoms with Crippen LogP contribution in [0.2, 0.25) is 0 Å². The lowest BCUT2D eigenvalue weighted by atomic mass is 9.89. The fourth-order valence-corrected chi connectivity index (χ4v) is 9.64.